The topological polar surface area (TPSA) is 81.9 Å². The van der Waals surface area contributed by atoms with Crippen molar-refractivity contribution in [3.05, 3.63) is 90.8 Å². The van der Waals surface area contributed by atoms with Crippen LogP contribution in [0.2, 0.25) is 0 Å². The van der Waals surface area contributed by atoms with Gasteiger partial charge < -0.3 is 10.1 Å². The maximum atomic E-state index is 12.1. The Morgan fingerprint density at radius 2 is 1.75 bits per heavy atom. The molecule has 2 aromatic heterocycles. The third-order valence-corrected chi connectivity index (χ3v) is 3.93. The largest absolute Gasteiger partial charge is 0.438 e. The molecule has 0 aliphatic rings. The minimum atomic E-state index is -0.0695. The molecule has 28 heavy (non-hydrogen) atoms. The second-order valence-electron chi connectivity index (χ2n) is 6.02. The Kier molecular flexibility index (Phi) is 5.06. The Bertz CT molecular complexity index is 1030. The Balaban J connectivity index is 1.35. The minimum absolute atomic E-state index is 0.0695. The first kappa shape index (κ1) is 17.4. The number of hydrogen-bond donors (Lipinski definition) is 1. The van der Waals surface area contributed by atoms with Crippen molar-refractivity contribution in [2.45, 2.75) is 6.42 Å². The first-order valence-corrected chi connectivity index (χ1v) is 8.72. The number of nitrogens with zero attached hydrogens (tertiary/aromatic N) is 4. The molecule has 1 N–H and O–H groups in total. The average Bonchev–Trinajstić information content (AvgIpc) is 3.26. The van der Waals surface area contributed by atoms with Gasteiger partial charge in [0.2, 0.25) is 11.8 Å². The van der Waals surface area contributed by atoms with Crippen LogP contribution in [0.3, 0.4) is 0 Å². The summed E-state index contributed by atoms with van der Waals surface area (Å²) in [4.78, 5) is 12.1. The molecule has 4 rings (SSSR count). The summed E-state index contributed by atoms with van der Waals surface area (Å²) in [6, 6.07) is 22.0. The van der Waals surface area contributed by atoms with Crippen LogP contribution in [0.25, 0.3) is 5.82 Å². The van der Waals surface area contributed by atoms with Crippen LogP contribution in [0.5, 0.6) is 11.6 Å². The van der Waals surface area contributed by atoms with E-state index < -0.39 is 0 Å². The van der Waals surface area contributed by atoms with Gasteiger partial charge in [-0.05, 0) is 42.0 Å². The first-order valence-electron chi connectivity index (χ1n) is 8.72. The molecule has 2 heterocycles. The minimum Gasteiger partial charge on any atom is -0.438 e. The van der Waals surface area contributed by atoms with Gasteiger partial charge in [0.1, 0.15) is 5.75 Å². The fourth-order valence-corrected chi connectivity index (χ4v) is 2.61. The lowest BCUT2D eigenvalue weighted by atomic mass is 10.1. The van der Waals surface area contributed by atoms with E-state index in [0.717, 1.165) is 5.56 Å². The number of carbonyl (C=O) groups is 1. The smallest absolute Gasteiger partial charge is 0.238 e. The van der Waals surface area contributed by atoms with Gasteiger partial charge in [0, 0.05) is 24.1 Å². The van der Waals surface area contributed by atoms with Gasteiger partial charge in [0.15, 0.2) is 5.82 Å². The third-order valence-electron chi connectivity index (χ3n) is 3.93. The summed E-state index contributed by atoms with van der Waals surface area (Å²) in [5.74, 6) is 1.51. The summed E-state index contributed by atoms with van der Waals surface area (Å²) in [5, 5.41) is 15.1. The molecule has 0 aliphatic carbocycles. The van der Waals surface area contributed by atoms with Gasteiger partial charge >= 0.3 is 0 Å². The van der Waals surface area contributed by atoms with Crippen molar-refractivity contribution in [1.82, 2.24) is 20.0 Å². The van der Waals surface area contributed by atoms with E-state index in [2.05, 4.69) is 20.6 Å². The number of carbonyl (C=O) groups excluding carboxylic acids is 1. The molecule has 0 fully saturated rings. The number of nitrogens with one attached hydrogen (secondary N) is 1. The van der Waals surface area contributed by atoms with Crippen molar-refractivity contribution in [2.75, 3.05) is 5.32 Å². The summed E-state index contributed by atoms with van der Waals surface area (Å²) in [7, 11) is 0. The number of rotatable bonds is 6. The molecule has 0 unspecified atom stereocenters. The molecule has 1 amide bonds. The normalized spacial score (nSPS) is 10.4. The van der Waals surface area contributed by atoms with Gasteiger partial charge in [-0.3, -0.25) is 4.79 Å². The zero-order valence-electron chi connectivity index (χ0n) is 14.9. The van der Waals surface area contributed by atoms with Crippen LogP contribution in [0.15, 0.2) is 85.2 Å². The molecule has 0 aliphatic heterocycles. The molecule has 7 heteroatoms. The summed E-state index contributed by atoms with van der Waals surface area (Å²) in [6.07, 6.45) is 3.79. The van der Waals surface area contributed by atoms with Crippen molar-refractivity contribution in [1.29, 1.82) is 0 Å². The predicted octanol–water partition coefficient (Wildman–Crippen LogP) is 3.64. The van der Waals surface area contributed by atoms with Gasteiger partial charge in [0.05, 0.1) is 6.42 Å². The van der Waals surface area contributed by atoms with E-state index in [1.807, 2.05) is 36.4 Å². The van der Waals surface area contributed by atoms with Crippen molar-refractivity contribution in [3.63, 3.8) is 0 Å². The number of ether oxygens (including phenoxy) is 1. The van der Waals surface area contributed by atoms with Crippen LogP contribution < -0.4 is 10.1 Å². The fourth-order valence-electron chi connectivity index (χ4n) is 2.61. The molecule has 0 spiro atoms. The van der Waals surface area contributed by atoms with E-state index in [1.54, 1.807) is 53.5 Å². The molecule has 0 radical (unpaired) electrons. The SMILES string of the molecule is O=C(Cc1ccccc1)Nc1ccc(Oc2ccc(-n3cccn3)nn2)cc1. The van der Waals surface area contributed by atoms with E-state index >= 15 is 0 Å². The predicted molar refractivity (Wildman–Crippen MR) is 104 cm³/mol. The highest BCUT2D eigenvalue weighted by molar-refractivity contribution is 5.92. The maximum Gasteiger partial charge on any atom is 0.238 e. The van der Waals surface area contributed by atoms with Crippen LogP contribution in [0, 0.1) is 0 Å². The molecule has 0 bridgehead atoms. The fraction of sp³-hybridized carbons (Fsp3) is 0.0476. The highest BCUT2D eigenvalue weighted by atomic mass is 16.5. The van der Waals surface area contributed by atoms with Gasteiger partial charge in [0.25, 0.3) is 0 Å². The zero-order chi connectivity index (χ0) is 19.2. The number of benzene rings is 2. The lowest BCUT2D eigenvalue weighted by Crippen LogP contribution is -2.14. The molecule has 0 atom stereocenters. The van der Waals surface area contributed by atoms with Gasteiger partial charge in [-0.15, -0.1) is 10.2 Å². The molecule has 0 saturated heterocycles. The van der Waals surface area contributed by atoms with E-state index in [1.165, 1.54) is 0 Å². The second kappa shape index (κ2) is 8.13. The van der Waals surface area contributed by atoms with Crippen molar-refractivity contribution in [2.24, 2.45) is 0 Å². The van der Waals surface area contributed by atoms with Crippen LogP contribution in [-0.4, -0.2) is 25.9 Å². The number of amides is 1. The monoisotopic (exact) mass is 371 g/mol. The highest BCUT2D eigenvalue weighted by Crippen LogP contribution is 2.21. The first-order chi connectivity index (χ1) is 13.8. The van der Waals surface area contributed by atoms with Crippen molar-refractivity contribution < 1.29 is 9.53 Å². The zero-order valence-corrected chi connectivity index (χ0v) is 14.9. The van der Waals surface area contributed by atoms with E-state index in [9.17, 15) is 4.79 Å². The summed E-state index contributed by atoms with van der Waals surface area (Å²) >= 11 is 0. The van der Waals surface area contributed by atoms with Gasteiger partial charge in [-0.1, -0.05) is 30.3 Å². The lowest BCUT2D eigenvalue weighted by molar-refractivity contribution is -0.115. The molecule has 138 valence electrons. The molecule has 4 aromatic rings. The summed E-state index contributed by atoms with van der Waals surface area (Å²) < 4.78 is 7.31. The Labute approximate surface area is 161 Å². The number of anilines is 1. The van der Waals surface area contributed by atoms with Crippen molar-refractivity contribution >= 4 is 11.6 Å². The highest BCUT2D eigenvalue weighted by Gasteiger charge is 2.06. The lowest BCUT2D eigenvalue weighted by Gasteiger charge is -2.08. The van der Waals surface area contributed by atoms with Crippen LogP contribution in [0.1, 0.15) is 5.56 Å². The van der Waals surface area contributed by atoms with E-state index in [0.29, 0.717) is 29.6 Å². The Morgan fingerprint density at radius 3 is 2.43 bits per heavy atom. The van der Waals surface area contributed by atoms with Crippen LogP contribution in [0.4, 0.5) is 5.69 Å². The second-order valence-corrected chi connectivity index (χ2v) is 6.02. The number of aromatic nitrogens is 4. The summed E-state index contributed by atoms with van der Waals surface area (Å²) in [5.41, 5.74) is 1.67. The van der Waals surface area contributed by atoms with Crippen LogP contribution >= 0.6 is 0 Å². The third kappa shape index (κ3) is 4.39. The Hall–Kier alpha value is -4.00. The molecule has 7 nitrogen and oxygen atoms in total. The average molecular weight is 371 g/mol. The van der Waals surface area contributed by atoms with Crippen LogP contribution in [-0.2, 0) is 11.2 Å². The molecular formula is C21H17N5O2. The van der Waals surface area contributed by atoms with Gasteiger partial charge in [-0.25, -0.2) is 4.68 Å². The van der Waals surface area contributed by atoms with Gasteiger partial charge in [-0.2, -0.15) is 5.10 Å². The van der Waals surface area contributed by atoms with E-state index in [-0.39, 0.29) is 5.91 Å². The van der Waals surface area contributed by atoms with E-state index in [4.69, 9.17) is 4.74 Å². The van der Waals surface area contributed by atoms with Crippen molar-refractivity contribution in [3.8, 4) is 17.4 Å². The quantitative estimate of drug-likeness (QED) is 0.560. The summed E-state index contributed by atoms with van der Waals surface area (Å²) in [6.45, 7) is 0. The standard InChI is InChI=1S/C21H17N5O2/c27-20(15-16-5-2-1-3-6-16)23-17-7-9-18(10-8-17)28-21-12-11-19(24-25-21)26-14-4-13-22-26/h1-14H,15H2,(H,23,27). The maximum absolute atomic E-state index is 12.1. The molecular weight excluding hydrogens is 354 g/mol. The number of hydrogen-bond acceptors (Lipinski definition) is 5. The molecule has 0 saturated carbocycles. The Morgan fingerprint density at radius 1 is 0.929 bits per heavy atom. The molecule has 2 aromatic carbocycles.